The molecular formula is C14H13NO4. The predicted octanol–water partition coefficient (Wildman–Crippen LogP) is 2.36. The second-order valence-corrected chi connectivity index (χ2v) is 3.92. The van der Waals surface area contributed by atoms with Crippen molar-refractivity contribution in [1.29, 1.82) is 0 Å². The van der Waals surface area contributed by atoms with Crippen molar-refractivity contribution < 1.29 is 19.7 Å². The van der Waals surface area contributed by atoms with Crippen LogP contribution in [0.1, 0.15) is 10.4 Å². The third kappa shape index (κ3) is 3.16. The highest BCUT2D eigenvalue weighted by atomic mass is 16.5. The van der Waals surface area contributed by atoms with E-state index in [2.05, 4.69) is 5.32 Å². The number of hydrogen-bond donors (Lipinski definition) is 3. The number of phenols is 2. The first-order valence-corrected chi connectivity index (χ1v) is 5.57. The van der Waals surface area contributed by atoms with Gasteiger partial charge in [-0.2, -0.15) is 0 Å². The summed E-state index contributed by atoms with van der Waals surface area (Å²) in [4.78, 5) is 11.9. The summed E-state index contributed by atoms with van der Waals surface area (Å²) in [6.07, 6.45) is 0. The van der Waals surface area contributed by atoms with E-state index in [1.165, 1.54) is 19.2 Å². The number of phenolic OH excluding ortho intramolecular Hbond substituents is 2. The van der Waals surface area contributed by atoms with Gasteiger partial charge in [0.25, 0.3) is 5.91 Å². The molecule has 2 aromatic rings. The Morgan fingerprint density at radius 3 is 2.42 bits per heavy atom. The minimum absolute atomic E-state index is 0.167. The fourth-order valence-corrected chi connectivity index (χ4v) is 1.63. The van der Waals surface area contributed by atoms with Crippen LogP contribution in [0.5, 0.6) is 17.2 Å². The number of nitrogens with one attached hydrogen (secondary N) is 1. The molecule has 0 aliphatic carbocycles. The SMILES string of the molecule is COc1cccc(NC(=O)c2cc(O)cc(O)c2)c1. The highest BCUT2D eigenvalue weighted by molar-refractivity contribution is 6.04. The van der Waals surface area contributed by atoms with Gasteiger partial charge in [0.2, 0.25) is 0 Å². The van der Waals surface area contributed by atoms with Gasteiger partial charge in [-0.25, -0.2) is 0 Å². The molecule has 0 aromatic heterocycles. The quantitative estimate of drug-likeness (QED) is 0.790. The van der Waals surface area contributed by atoms with Crippen molar-refractivity contribution in [2.24, 2.45) is 0 Å². The second kappa shape index (κ2) is 5.30. The number of methoxy groups -OCH3 is 1. The standard InChI is InChI=1S/C14H13NO4/c1-19-13-4-2-3-10(7-13)15-14(18)9-5-11(16)8-12(17)6-9/h2-8,16-17H,1H3,(H,15,18). The molecule has 0 spiro atoms. The van der Waals surface area contributed by atoms with Gasteiger partial charge >= 0.3 is 0 Å². The van der Waals surface area contributed by atoms with E-state index >= 15 is 0 Å². The number of carbonyl (C=O) groups excluding carboxylic acids is 1. The average molecular weight is 259 g/mol. The van der Waals surface area contributed by atoms with Crippen molar-refractivity contribution in [2.45, 2.75) is 0 Å². The van der Waals surface area contributed by atoms with Crippen molar-refractivity contribution in [1.82, 2.24) is 0 Å². The molecule has 2 aromatic carbocycles. The van der Waals surface area contributed by atoms with Gasteiger partial charge < -0.3 is 20.3 Å². The van der Waals surface area contributed by atoms with E-state index in [0.717, 1.165) is 6.07 Å². The lowest BCUT2D eigenvalue weighted by molar-refractivity contribution is 0.102. The van der Waals surface area contributed by atoms with Crippen molar-refractivity contribution in [3.8, 4) is 17.2 Å². The Bertz CT molecular complexity index is 590. The minimum Gasteiger partial charge on any atom is -0.508 e. The molecule has 0 saturated carbocycles. The molecule has 98 valence electrons. The summed E-state index contributed by atoms with van der Waals surface area (Å²) in [5.74, 6) is -0.150. The molecule has 19 heavy (non-hydrogen) atoms. The third-order valence-corrected chi connectivity index (χ3v) is 2.49. The van der Waals surface area contributed by atoms with Crippen molar-refractivity contribution >= 4 is 11.6 Å². The summed E-state index contributed by atoms with van der Waals surface area (Å²) in [5, 5.41) is 21.3. The Labute approximate surface area is 110 Å². The van der Waals surface area contributed by atoms with Crippen LogP contribution in [-0.4, -0.2) is 23.2 Å². The molecule has 2 rings (SSSR count). The molecule has 0 heterocycles. The molecule has 0 aliphatic rings. The number of benzene rings is 2. The first-order chi connectivity index (χ1) is 9.08. The van der Waals surface area contributed by atoms with Crippen LogP contribution in [0.2, 0.25) is 0 Å². The van der Waals surface area contributed by atoms with Crippen LogP contribution in [0, 0.1) is 0 Å². The number of anilines is 1. The lowest BCUT2D eigenvalue weighted by atomic mass is 10.2. The maximum absolute atomic E-state index is 11.9. The number of aromatic hydroxyl groups is 2. The summed E-state index contributed by atoms with van der Waals surface area (Å²) in [5.41, 5.74) is 0.729. The van der Waals surface area contributed by atoms with Crippen LogP contribution in [-0.2, 0) is 0 Å². The number of hydrogen-bond acceptors (Lipinski definition) is 4. The van der Waals surface area contributed by atoms with E-state index in [9.17, 15) is 15.0 Å². The minimum atomic E-state index is -0.431. The summed E-state index contributed by atoms with van der Waals surface area (Å²) >= 11 is 0. The smallest absolute Gasteiger partial charge is 0.255 e. The first-order valence-electron chi connectivity index (χ1n) is 5.57. The number of carbonyl (C=O) groups is 1. The van der Waals surface area contributed by atoms with E-state index < -0.39 is 5.91 Å². The molecular weight excluding hydrogens is 246 g/mol. The van der Waals surface area contributed by atoms with Gasteiger partial charge in [-0.1, -0.05) is 6.07 Å². The molecule has 0 saturated heterocycles. The zero-order chi connectivity index (χ0) is 13.8. The zero-order valence-corrected chi connectivity index (χ0v) is 10.3. The van der Waals surface area contributed by atoms with Crippen LogP contribution in [0.4, 0.5) is 5.69 Å². The van der Waals surface area contributed by atoms with Crippen LogP contribution in [0.3, 0.4) is 0 Å². The van der Waals surface area contributed by atoms with Crippen molar-refractivity contribution in [3.63, 3.8) is 0 Å². The molecule has 0 radical (unpaired) electrons. The highest BCUT2D eigenvalue weighted by Gasteiger charge is 2.09. The third-order valence-electron chi connectivity index (χ3n) is 2.49. The fourth-order valence-electron chi connectivity index (χ4n) is 1.63. The van der Waals surface area contributed by atoms with Gasteiger partial charge in [0, 0.05) is 23.4 Å². The largest absolute Gasteiger partial charge is 0.508 e. The van der Waals surface area contributed by atoms with E-state index in [4.69, 9.17) is 4.74 Å². The van der Waals surface area contributed by atoms with Crippen LogP contribution in [0.25, 0.3) is 0 Å². The Kier molecular flexibility index (Phi) is 3.56. The van der Waals surface area contributed by atoms with Gasteiger partial charge in [-0.15, -0.1) is 0 Å². The van der Waals surface area contributed by atoms with Gasteiger partial charge in [0.1, 0.15) is 17.2 Å². The van der Waals surface area contributed by atoms with E-state index in [0.29, 0.717) is 11.4 Å². The van der Waals surface area contributed by atoms with Gasteiger partial charge in [0.15, 0.2) is 0 Å². The number of ether oxygens (including phenoxy) is 1. The molecule has 0 aliphatic heterocycles. The normalized spacial score (nSPS) is 9.95. The lowest BCUT2D eigenvalue weighted by Gasteiger charge is -2.07. The molecule has 0 unspecified atom stereocenters. The van der Waals surface area contributed by atoms with Gasteiger partial charge in [-0.05, 0) is 24.3 Å². The maximum Gasteiger partial charge on any atom is 0.255 e. The Balaban J connectivity index is 2.20. The number of rotatable bonds is 3. The second-order valence-electron chi connectivity index (χ2n) is 3.92. The molecule has 5 nitrogen and oxygen atoms in total. The Hall–Kier alpha value is -2.69. The van der Waals surface area contributed by atoms with Crippen molar-refractivity contribution in [2.75, 3.05) is 12.4 Å². The average Bonchev–Trinajstić information content (AvgIpc) is 2.37. The van der Waals surface area contributed by atoms with Crippen LogP contribution < -0.4 is 10.1 Å². The summed E-state index contributed by atoms with van der Waals surface area (Å²) in [6, 6.07) is 10.6. The number of amides is 1. The van der Waals surface area contributed by atoms with E-state index in [1.807, 2.05) is 0 Å². The Morgan fingerprint density at radius 2 is 1.79 bits per heavy atom. The molecule has 0 bridgehead atoms. The summed E-state index contributed by atoms with van der Waals surface area (Å²) in [6.45, 7) is 0. The van der Waals surface area contributed by atoms with Crippen molar-refractivity contribution in [3.05, 3.63) is 48.0 Å². The van der Waals surface area contributed by atoms with Gasteiger partial charge in [-0.3, -0.25) is 4.79 Å². The molecule has 5 heteroatoms. The topological polar surface area (TPSA) is 78.8 Å². The first kappa shape index (κ1) is 12.8. The molecule has 0 atom stereocenters. The Morgan fingerprint density at radius 1 is 1.11 bits per heavy atom. The lowest BCUT2D eigenvalue weighted by Crippen LogP contribution is -2.11. The monoisotopic (exact) mass is 259 g/mol. The van der Waals surface area contributed by atoms with E-state index in [1.54, 1.807) is 24.3 Å². The molecule has 3 N–H and O–H groups in total. The summed E-state index contributed by atoms with van der Waals surface area (Å²) < 4.78 is 5.05. The van der Waals surface area contributed by atoms with Crippen LogP contribution in [0.15, 0.2) is 42.5 Å². The molecule has 0 fully saturated rings. The predicted molar refractivity (Wildman–Crippen MR) is 70.7 cm³/mol. The summed E-state index contributed by atoms with van der Waals surface area (Å²) in [7, 11) is 1.54. The van der Waals surface area contributed by atoms with Gasteiger partial charge in [0.05, 0.1) is 7.11 Å². The van der Waals surface area contributed by atoms with Crippen LogP contribution >= 0.6 is 0 Å². The fraction of sp³-hybridized carbons (Fsp3) is 0.0714. The highest BCUT2D eigenvalue weighted by Crippen LogP contribution is 2.22. The zero-order valence-electron chi connectivity index (χ0n) is 10.3. The molecule has 1 amide bonds. The maximum atomic E-state index is 11.9. The van der Waals surface area contributed by atoms with E-state index in [-0.39, 0.29) is 17.1 Å².